The average Bonchev–Trinajstić information content (AvgIpc) is 3.26. The van der Waals surface area contributed by atoms with Gasteiger partial charge in [0, 0.05) is 6.20 Å². The molecule has 0 radical (unpaired) electrons. The van der Waals surface area contributed by atoms with E-state index in [0.717, 1.165) is 40.8 Å². The molecule has 3 aromatic carbocycles. The predicted octanol–water partition coefficient (Wildman–Crippen LogP) is 5.14. The minimum atomic E-state index is -0.956. The van der Waals surface area contributed by atoms with Crippen LogP contribution in [0.5, 0.6) is 0 Å². The Bertz CT molecular complexity index is 1200. The first kappa shape index (κ1) is 21.5. The molecular weight excluding hydrogens is 398 g/mol. The van der Waals surface area contributed by atoms with Crippen LogP contribution in [0.2, 0.25) is 0 Å². The second-order valence-electron chi connectivity index (χ2n) is 8.56. The molecule has 0 unspecified atom stereocenters. The summed E-state index contributed by atoms with van der Waals surface area (Å²) in [6, 6.07) is 26.4. The second-order valence-corrected chi connectivity index (χ2v) is 8.56. The Morgan fingerprint density at radius 2 is 1.62 bits per heavy atom. The van der Waals surface area contributed by atoms with Crippen molar-refractivity contribution in [3.63, 3.8) is 0 Å². The molecule has 5 heteroatoms. The van der Waals surface area contributed by atoms with Crippen molar-refractivity contribution in [1.82, 2.24) is 15.0 Å². The summed E-state index contributed by atoms with van der Waals surface area (Å²) in [5, 5.41) is 18.3. The van der Waals surface area contributed by atoms with Gasteiger partial charge in [-0.25, -0.2) is 4.68 Å². The minimum Gasteiger partial charge on any atom is -0.481 e. The second kappa shape index (κ2) is 9.18. The first-order valence-electron chi connectivity index (χ1n) is 10.8. The van der Waals surface area contributed by atoms with Crippen molar-refractivity contribution in [2.75, 3.05) is 0 Å². The maximum Gasteiger partial charge on any atom is 0.313 e. The number of aryl methyl sites for hydroxylation is 2. The van der Waals surface area contributed by atoms with Crippen LogP contribution >= 0.6 is 0 Å². The summed E-state index contributed by atoms with van der Waals surface area (Å²) in [5.41, 5.74) is 5.29. The van der Waals surface area contributed by atoms with Crippen LogP contribution in [-0.4, -0.2) is 26.1 Å². The van der Waals surface area contributed by atoms with Gasteiger partial charge in [0.05, 0.1) is 17.7 Å². The molecule has 0 aliphatic heterocycles. The standard InChI is InChI=1S/C27H27N3O2/c1-27(2,26(31)32)23-14-16-25(21-11-7-4-8-12-21)22(17-23)13-15-24-19-30(29-28-24)18-20-9-5-3-6-10-20/h3-12,14,16-17,19H,13,15,18H2,1-2H3,(H,31,32). The van der Waals surface area contributed by atoms with E-state index in [9.17, 15) is 9.90 Å². The average molecular weight is 426 g/mol. The Hall–Kier alpha value is -3.73. The largest absolute Gasteiger partial charge is 0.481 e. The Labute approximate surface area is 188 Å². The van der Waals surface area contributed by atoms with Gasteiger partial charge in [-0.2, -0.15) is 0 Å². The molecule has 1 aromatic heterocycles. The number of carboxylic acid groups (broad SMARTS) is 1. The van der Waals surface area contributed by atoms with Gasteiger partial charge in [0.2, 0.25) is 0 Å². The van der Waals surface area contributed by atoms with Crippen LogP contribution in [0.4, 0.5) is 0 Å². The molecule has 162 valence electrons. The lowest BCUT2D eigenvalue weighted by atomic mass is 9.82. The number of aromatic nitrogens is 3. The van der Waals surface area contributed by atoms with Crippen molar-refractivity contribution in [2.45, 2.75) is 38.6 Å². The molecule has 0 bridgehead atoms. The molecule has 0 atom stereocenters. The number of benzene rings is 3. The lowest BCUT2D eigenvalue weighted by Crippen LogP contribution is -2.28. The summed E-state index contributed by atoms with van der Waals surface area (Å²) < 4.78 is 1.85. The van der Waals surface area contributed by atoms with Crippen molar-refractivity contribution in [1.29, 1.82) is 0 Å². The van der Waals surface area contributed by atoms with Gasteiger partial charge in [0.1, 0.15) is 0 Å². The number of nitrogens with zero attached hydrogens (tertiary/aromatic N) is 3. The fraction of sp³-hybridized carbons (Fsp3) is 0.222. The lowest BCUT2D eigenvalue weighted by Gasteiger charge is -2.22. The van der Waals surface area contributed by atoms with E-state index in [1.54, 1.807) is 13.8 Å². The molecule has 0 aliphatic rings. The number of hydrogen-bond acceptors (Lipinski definition) is 3. The monoisotopic (exact) mass is 425 g/mol. The zero-order valence-corrected chi connectivity index (χ0v) is 18.4. The maximum atomic E-state index is 11.8. The quantitative estimate of drug-likeness (QED) is 0.424. The van der Waals surface area contributed by atoms with E-state index in [2.05, 4.69) is 34.6 Å². The number of aliphatic carboxylic acids is 1. The van der Waals surface area contributed by atoms with Crippen molar-refractivity contribution < 1.29 is 9.90 Å². The molecule has 4 aromatic rings. The normalized spacial score (nSPS) is 11.4. The summed E-state index contributed by atoms with van der Waals surface area (Å²) in [4.78, 5) is 11.8. The van der Waals surface area contributed by atoms with E-state index in [4.69, 9.17) is 0 Å². The highest BCUT2D eigenvalue weighted by molar-refractivity contribution is 5.81. The SMILES string of the molecule is CC(C)(C(=O)O)c1ccc(-c2ccccc2)c(CCc2cn(Cc3ccccc3)nn2)c1. The molecule has 0 amide bonds. The number of carboxylic acids is 1. The van der Waals surface area contributed by atoms with Crippen LogP contribution in [0, 0.1) is 0 Å². The van der Waals surface area contributed by atoms with Crippen LogP contribution in [0.25, 0.3) is 11.1 Å². The summed E-state index contributed by atoms with van der Waals surface area (Å²) >= 11 is 0. The molecule has 0 saturated heterocycles. The van der Waals surface area contributed by atoms with Gasteiger partial charge in [0.25, 0.3) is 0 Å². The number of rotatable bonds is 8. The maximum absolute atomic E-state index is 11.8. The Balaban J connectivity index is 1.58. The smallest absolute Gasteiger partial charge is 0.313 e. The minimum absolute atomic E-state index is 0.686. The summed E-state index contributed by atoms with van der Waals surface area (Å²) in [6.07, 6.45) is 3.46. The highest BCUT2D eigenvalue weighted by Gasteiger charge is 2.30. The zero-order chi connectivity index (χ0) is 22.6. The van der Waals surface area contributed by atoms with E-state index in [1.807, 2.05) is 65.5 Å². The third-order valence-corrected chi connectivity index (χ3v) is 5.87. The van der Waals surface area contributed by atoms with E-state index in [-0.39, 0.29) is 0 Å². The molecule has 0 saturated carbocycles. The van der Waals surface area contributed by atoms with Gasteiger partial charge in [-0.1, -0.05) is 84.1 Å². The van der Waals surface area contributed by atoms with Crippen LogP contribution in [0.3, 0.4) is 0 Å². The fourth-order valence-electron chi connectivity index (χ4n) is 3.78. The number of hydrogen-bond donors (Lipinski definition) is 1. The zero-order valence-electron chi connectivity index (χ0n) is 18.4. The van der Waals surface area contributed by atoms with Crippen molar-refractivity contribution in [3.8, 4) is 11.1 Å². The molecule has 5 nitrogen and oxygen atoms in total. The summed E-state index contributed by atoms with van der Waals surface area (Å²) in [6.45, 7) is 4.17. The van der Waals surface area contributed by atoms with E-state index in [1.165, 1.54) is 5.56 Å². The van der Waals surface area contributed by atoms with Crippen LogP contribution < -0.4 is 0 Å². The third-order valence-electron chi connectivity index (χ3n) is 5.87. The third kappa shape index (κ3) is 4.78. The highest BCUT2D eigenvalue weighted by atomic mass is 16.4. The molecule has 0 spiro atoms. The van der Waals surface area contributed by atoms with Gasteiger partial charge in [-0.05, 0) is 54.5 Å². The molecule has 4 rings (SSSR count). The van der Waals surface area contributed by atoms with E-state index in [0.29, 0.717) is 6.54 Å². The molecule has 0 aliphatic carbocycles. The van der Waals surface area contributed by atoms with Gasteiger partial charge in [0.15, 0.2) is 0 Å². The Morgan fingerprint density at radius 1 is 0.938 bits per heavy atom. The van der Waals surface area contributed by atoms with E-state index >= 15 is 0 Å². The van der Waals surface area contributed by atoms with Gasteiger partial charge >= 0.3 is 5.97 Å². The molecule has 0 fully saturated rings. The van der Waals surface area contributed by atoms with Crippen molar-refractivity contribution >= 4 is 5.97 Å². The lowest BCUT2D eigenvalue weighted by molar-refractivity contribution is -0.142. The predicted molar refractivity (Wildman–Crippen MR) is 126 cm³/mol. The molecule has 1 N–H and O–H groups in total. The topological polar surface area (TPSA) is 68.0 Å². The molecule has 1 heterocycles. The van der Waals surface area contributed by atoms with Gasteiger partial charge in [-0.15, -0.1) is 5.10 Å². The Kier molecular flexibility index (Phi) is 6.17. The van der Waals surface area contributed by atoms with Crippen molar-refractivity contribution in [3.05, 3.63) is 107 Å². The van der Waals surface area contributed by atoms with Gasteiger partial charge in [-0.3, -0.25) is 4.79 Å². The summed E-state index contributed by atoms with van der Waals surface area (Å²) in [7, 11) is 0. The number of carbonyl (C=O) groups is 1. The first-order valence-corrected chi connectivity index (χ1v) is 10.8. The Morgan fingerprint density at radius 3 is 2.31 bits per heavy atom. The van der Waals surface area contributed by atoms with Crippen LogP contribution in [0.15, 0.2) is 85.1 Å². The van der Waals surface area contributed by atoms with E-state index < -0.39 is 11.4 Å². The van der Waals surface area contributed by atoms with Crippen LogP contribution in [-0.2, 0) is 29.6 Å². The molecular formula is C27H27N3O2. The highest BCUT2D eigenvalue weighted by Crippen LogP contribution is 2.31. The first-order chi connectivity index (χ1) is 15.4. The van der Waals surface area contributed by atoms with Gasteiger partial charge < -0.3 is 5.11 Å². The van der Waals surface area contributed by atoms with Crippen molar-refractivity contribution in [2.24, 2.45) is 0 Å². The fourth-order valence-corrected chi connectivity index (χ4v) is 3.78. The van der Waals surface area contributed by atoms with Crippen LogP contribution in [0.1, 0.15) is 36.2 Å². The molecule has 32 heavy (non-hydrogen) atoms. The summed E-state index contributed by atoms with van der Waals surface area (Å²) in [5.74, 6) is -0.834.